The molecule has 0 heterocycles. The molecule has 1 nitrogen and oxygen atoms in total. The number of benzene rings is 1. The van der Waals surface area contributed by atoms with E-state index in [0.29, 0.717) is 0 Å². The first kappa shape index (κ1) is 8.76. The van der Waals surface area contributed by atoms with E-state index in [2.05, 4.69) is 25.0 Å². The molecule has 2 N–H and O–H groups in total. The summed E-state index contributed by atoms with van der Waals surface area (Å²) in [6.07, 6.45) is 8.13. The van der Waals surface area contributed by atoms with Crippen LogP contribution in [0.15, 0.2) is 30.3 Å². The van der Waals surface area contributed by atoms with Crippen molar-refractivity contribution < 1.29 is 0 Å². The van der Waals surface area contributed by atoms with Gasteiger partial charge in [0, 0.05) is 12.0 Å². The molecule has 2 rings (SSSR count). The summed E-state index contributed by atoms with van der Waals surface area (Å²) in [5.74, 6) is 1.17. The van der Waals surface area contributed by atoms with Crippen LogP contribution < -0.4 is 5.73 Å². The Hall–Kier alpha value is -0.820. The summed E-state index contributed by atoms with van der Waals surface area (Å²) < 4.78 is 0. The molecule has 0 saturated heterocycles. The topological polar surface area (TPSA) is 26.0 Å². The second kappa shape index (κ2) is 3.93. The van der Waals surface area contributed by atoms with E-state index in [1.54, 1.807) is 0 Å². The summed E-state index contributed by atoms with van der Waals surface area (Å²) in [6.45, 7) is 0. The van der Waals surface area contributed by atoms with Gasteiger partial charge in [0.2, 0.25) is 0 Å². The Bertz CT molecular complexity index is 249. The Labute approximate surface area is 80.0 Å². The highest BCUT2D eigenvalue weighted by Crippen LogP contribution is 2.33. The minimum absolute atomic E-state index is 0.0104. The van der Waals surface area contributed by atoms with Gasteiger partial charge in [-0.15, -0.1) is 0 Å². The van der Waals surface area contributed by atoms with Crippen molar-refractivity contribution in [2.45, 2.75) is 6.04 Å². The van der Waals surface area contributed by atoms with Gasteiger partial charge in [0.05, 0.1) is 0 Å². The van der Waals surface area contributed by atoms with Gasteiger partial charge < -0.3 is 5.73 Å². The fraction of sp³-hybridized carbons (Fsp3) is 0.0833. The van der Waals surface area contributed by atoms with Crippen LogP contribution in [0.3, 0.4) is 0 Å². The highest BCUT2D eigenvalue weighted by Gasteiger charge is 2.24. The van der Waals surface area contributed by atoms with Crippen LogP contribution in [0.4, 0.5) is 0 Å². The fourth-order valence-electron chi connectivity index (χ4n) is 1.45. The van der Waals surface area contributed by atoms with Crippen molar-refractivity contribution in [1.82, 2.24) is 0 Å². The molecule has 1 atom stereocenters. The maximum absolute atomic E-state index is 6.06. The molecular formula is C12H12N. The predicted octanol–water partition coefficient (Wildman–Crippen LogP) is 2.09. The highest BCUT2D eigenvalue weighted by atomic mass is 14.7. The zero-order valence-electron chi connectivity index (χ0n) is 7.35. The summed E-state index contributed by atoms with van der Waals surface area (Å²) in [5.41, 5.74) is 7.22. The molecule has 1 fully saturated rings. The molecule has 1 unspecified atom stereocenters. The van der Waals surface area contributed by atoms with Crippen LogP contribution in [0.5, 0.6) is 0 Å². The Balaban J connectivity index is 2.08. The Morgan fingerprint density at radius 2 is 1.54 bits per heavy atom. The zero-order valence-corrected chi connectivity index (χ0v) is 7.35. The maximum atomic E-state index is 6.06. The van der Waals surface area contributed by atoms with Gasteiger partial charge in [-0.3, -0.25) is 0 Å². The zero-order chi connectivity index (χ0) is 9.10. The van der Waals surface area contributed by atoms with Crippen LogP contribution in [-0.4, -0.2) is 0 Å². The molecule has 13 heavy (non-hydrogen) atoms. The van der Waals surface area contributed by atoms with E-state index in [-0.39, 0.29) is 6.04 Å². The first-order valence-electron chi connectivity index (χ1n) is 4.40. The second-order valence-corrected chi connectivity index (χ2v) is 3.11. The van der Waals surface area contributed by atoms with Crippen LogP contribution >= 0.6 is 0 Å². The van der Waals surface area contributed by atoms with Crippen LogP contribution in [0.25, 0.3) is 0 Å². The highest BCUT2D eigenvalue weighted by molar-refractivity contribution is 5.42. The SMILES string of the molecule is NC([C]1[CH][CH][CH][CH]1)c1ccccc1. The first-order chi connectivity index (χ1) is 6.38. The van der Waals surface area contributed by atoms with Crippen LogP contribution in [0.2, 0.25) is 0 Å². The number of hydrogen-bond acceptors (Lipinski definition) is 1. The number of nitrogens with two attached hydrogens (primary N) is 1. The Kier molecular flexibility index (Phi) is 2.65. The van der Waals surface area contributed by atoms with E-state index in [0.717, 1.165) is 5.56 Å². The fourth-order valence-corrected chi connectivity index (χ4v) is 1.45. The van der Waals surface area contributed by atoms with E-state index < -0.39 is 0 Å². The second-order valence-electron chi connectivity index (χ2n) is 3.11. The summed E-state index contributed by atoms with van der Waals surface area (Å²) in [6, 6.07) is 10.1. The minimum atomic E-state index is 0.0104. The molecule has 1 aliphatic rings. The molecule has 0 amide bonds. The smallest absolute Gasteiger partial charge is 0.0364 e. The quantitative estimate of drug-likeness (QED) is 0.722. The summed E-state index contributed by atoms with van der Waals surface area (Å²) in [5, 5.41) is 0. The third kappa shape index (κ3) is 1.92. The lowest BCUT2D eigenvalue weighted by Crippen LogP contribution is -2.17. The van der Waals surface area contributed by atoms with Gasteiger partial charge in [-0.25, -0.2) is 0 Å². The average Bonchev–Trinajstić information content (AvgIpc) is 2.71. The molecule has 1 aromatic rings. The van der Waals surface area contributed by atoms with Crippen molar-refractivity contribution >= 4 is 0 Å². The normalized spacial score (nSPS) is 20.4. The van der Waals surface area contributed by atoms with Crippen molar-refractivity contribution in [2.24, 2.45) is 5.73 Å². The van der Waals surface area contributed by atoms with Crippen molar-refractivity contribution in [3.8, 4) is 0 Å². The van der Waals surface area contributed by atoms with E-state index in [1.165, 1.54) is 5.92 Å². The molecule has 1 aliphatic carbocycles. The molecule has 1 aromatic carbocycles. The van der Waals surface area contributed by atoms with Crippen molar-refractivity contribution in [2.75, 3.05) is 0 Å². The third-order valence-corrected chi connectivity index (χ3v) is 2.21. The molecule has 1 heteroatoms. The standard InChI is InChI=1S/C12H12N/c13-12(11-8-4-5-9-11)10-6-2-1-3-7-10/h1-9,12H,13H2. The van der Waals surface area contributed by atoms with E-state index in [9.17, 15) is 0 Å². The van der Waals surface area contributed by atoms with E-state index in [1.807, 2.05) is 31.0 Å². The van der Waals surface area contributed by atoms with Gasteiger partial charge >= 0.3 is 0 Å². The molecule has 5 radical (unpaired) electrons. The van der Waals surface area contributed by atoms with Crippen molar-refractivity contribution in [1.29, 1.82) is 0 Å². The van der Waals surface area contributed by atoms with Gasteiger partial charge in [0.1, 0.15) is 0 Å². The van der Waals surface area contributed by atoms with Crippen LogP contribution in [0.1, 0.15) is 11.6 Å². The predicted molar refractivity (Wildman–Crippen MR) is 53.8 cm³/mol. The third-order valence-electron chi connectivity index (χ3n) is 2.21. The lowest BCUT2D eigenvalue weighted by molar-refractivity contribution is 0.786. The minimum Gasteiger partial charge on any atom is -0.323 e. The Morgan fingerprint density at radius 3 is 2.15 bits per heavy atom. The summed E-state index contributed by atoms with van der Waals surface area (Å²) in [7, 11) is 0. The first-order valence-corrected chi connectivity index (χ1v) is 4.40. The monoisotopic (exact) mass is 170 g/mol. The number of hydrogen-bond donors (Lipinski definition) is 1. The molecule has 0 bridgehead atoms. The lowest BCUT2D eigenvalue weighted by atomic mass is 9.93. The van der Waals surface area contributed by atoms with Crippen molar-refractivity contribution in [3.63, 3.8) is 0 Å². The molecular weight excluding hydrogens is 158 g/mol. The summed E-state index contributed by atoms with van der Waals surface area (Å²) >= 11 is 0. The van der Waals surface area contributed by atoms with Crippen molar-refractivity contribution in [3.05, 3.63) is 67.5 Å². The summed E-state index contributed by atoms with van der Waals surface area (Å²) in [4.78, 5) is 0. The van der Waals surface area contributed by atoms with Gasteiger partial charge in [-0.2, -0.15) is 0 Å². The van der Waals surface area contributed by atoms with E-state index >= 15 is 0 Å². The molecule has 0 aromatic heterocycles. The average molecular weight is 170 g/mol. The van der Waals surface area contributed by atoms with Gasteiger partial charge in [-0.05, 0) is 31.2 Å². The molecule has 0 spiro atoms. The van der Waals surface area contributed by atoms with Crippen LogP contribution in [-0.2, 0) is 0 Å². The maximum Gasteiger partial charge on any atom is 0.0364 e. The lowest BCUT2D eigenvalue weighted by Gasteiger charge is -2.17. The molecule has 1 saturated carbocycles. The van der Waals surface area contributed by atoms with Gasteiger partial charge in [-0.1, -0.05) is 30.3 Å². The number of rotatable bonds is 2. The Morgan fingerprint density at radius 1 is 0.923 bits per heavy atom. The van der Waals surface area contributed by atoms with E-state index in [4.69, 9.17) is 5.73 Å². The van der Waals surface area contributed by atoms with Gasteiger partial charge in [0.15, 0.2) is 0 Å². The van der Waals surface area contributed by atoms with Gasteiger partial charge in [0.25, 0.3) is 0 Å². The van der Waals surface area contributed by atoms with Crippen LogP contribution in [0, 0.1) is 31.6 Å². The molecule has 65 valence electrons. The molecule has 0 aliphatic heterocycles. The largest absolute Gasteiger partial charge is 0.323 e.